The van der Waals surface area contributed by atoms with Gasteiger partial charge in [-0.2, -0.15) is 0 Å². The average molecular weight is 237 g/mol. The van der Waals surface area contributed by atoms with Gasteiger partial charge in [0.2, 0.25) is 0 Å². The van der Waals surface area contributed by atoms with Crippen LogP contribution < -0.4 is 56.1 Å². The van der Waals surface area contributed by atoms with Gasteiger partial charge < -0.3 is 4.70 Å². The molecule has 0 aliphatic heterocycles. The van der Waals surface area contributed by atoms with Gasteiger partial charge in [-0.05, 0) is 0 Å². The van der Waals surface area contributed by atoms with Crippen molar-refractivity contribution < 1.29 is 64.5 Å². The van der Waals surface area contributed by atoms with E-state index in [9.17, 15) is 8.44 Å². The topological polar surface area (TPSA) is 0 Å². The Bertz CT molecular complexity index is 12.3. The second kappa shape index (κ2) is 10.2. The first-order valence-corrected chi connectivity index (χ1v) is 3.40. The maximum Gasteiger partial charge on any atom is 1.00 e. The minimum absolute atomic E-state index is 0. The van der Waals surface area contributed by atoms with Crippen molar-refractivity contribution in [3.8, 4) is 0 Å². The Morgan fingerprint density at radius 3 is 1.00 bits per heavy atom. The summed E-state index contributed by atoms with van der Waals surface area (Å²) >= 11 is -4.95. The quantitative estimate of drug-likeness (QED) is 0.292. The van der Waals surface area contributed by atoms with E-state index in [1.54, 1.807) is 0 Å². The van der Waals surface area contributed by atoms with Crippen LogP contribution in [0, 0.1) is 0 Å². The van der Waals surface area contributed by atoms with Crippen molar-refractivity contribution in [2.24, 2.45) is 0 Å². The van der Waals surface area contributed by atoms with Crippen molar-refractivity contribution >= 4 is 22.0 Å². The Morgan fingerprint density at radius 2 is 1.00 bits per heavy atom. The zero-order valence-electron chi connectivity index (χ0n) is 2.96. The number of hydrogen-bond acceptors (Lipinski definition) is 0. The van der Waals surface area contributed by atoms with Gasteiger partial charge in [0, 0.05) is 0 Å². The van der Waals surface area contributed by atoms with Crippen molar-refractivity contribution in [3.05, 3.63) is 0 Å². The summed E-state index contributed by atoms with van der Waals surface area (Å²) in [6.45, 7) is 0. The van der Waals surface area contributed by atoms with E-state index in [0.717, 1.165) is 0 Å². The summed E-state index contributed by atoms with van der Waals surface area (Å²) in [6, 6.07) is 0. The molecular weight excluding hydrogens is 237 g/mol. The number of hydrogen-bond donors (Lipinski definition) is 0. The van der Waals surface area contributed by atoms with Crippen LogP contribution in [-0.4, -0.2) is 22.0 Å². The maximum absolute atomic E-state index is 9.85. The molecule has 0 aromatic rings. The van der Waals surface area contributed by atoms with Gasteiger partial charge in [0.1, 0.15) is 0 Å². The van der Waals surface area contributed by atoms with Crippen molar-refractivity contribution in [1.29, 1.82) is 0 Å². The third-order valence-electron chi connectivity index (χ3n) is 0. The molecule has 0 saturated carbocycles. The molecule has 0 heterocycles. The summed E-state index contributed by atoms with van der Waals surface area (Å²) in [5.74, 6) is 0. The van der Waals surface area contributed by atoms with E-state index >= 15 is 0 Å². The van der Waals surface area contributed by atoms with Gasteiger partial charge in [0.15, 0.2) is 0 Å². The fourth-order valence-electron chi connectivity index (χ4n) is 0. The van der Waals surface area contributed by atoms with Gasteiger partial charge in [0.25, 0.3) is 0 Å². The van der Waals surface area contributed by atoms with Gasteiger partial charge >= 0.3 is 81.8 Å². The van der Waals surface area contributed by atoms with E-state index in [1.165, 1.54) is 0 Å². The first-order valence-electron chi connectivity index (χ1n) is 0.507. The van der Waals surface area contributed by atoms with E-state index in [0.29, 0.717) is 0 Å². The minimum atomic E-state index is -4.95. The standard InChI is InChI=1S/4FH.K.Sb/h4*1H;;/q;;;;+1;+3/p-4. The van der Waals surface area contributed by atoms with Crippen LogP contribution >= 0.6 is 0 Å². The second-order valence-electron chi connectivity index (χ2n) is 0.192. The molecule has 6 heteroatoms. The molecule has 0 nitrogen and oxygen atoms in total. The predicted octanol–water partition coefficient (Wildman–Crippen LogP) is -5.11. The molecule has 0 aliphatic rings. The average Bonchev–Trinajstić information content (AvgIpc) is 0.811. The zero-order chi connectivity index (χ0) is 3.58. The fraction of sp³-hybridized carbons (Fsp3) is 0. The third-order valence-corrected chi connectivity index (χ3v) is 0. The molecule has 0 unspecified atom stereocenters. The van der Waals surface area contributed by atoms with Crippen LogP contribution in [-0.2, 0) is 0 Å². The molecule has 0 radical (unpaired) electrons. The van der Waals surface area contributed by atoms with Crippen LogP contribution in [0.25, 0.3) is 0 Å². The monoisotopic (exact) mass is 236 g/mol. The summed E-state index contributed by atoms with van der Waals surface area (Å²) in [5.41, 5.74) is 0. The van der Waals surface area contributed by atoms with Crippen LogP contribution in [0.2, 0.25) is 0 Å². The summed E-state index contributed by atoms with van der Waals surface area (Å²) in [6.07, 6.45) is 0. The molecule has 0 rings (SSSR count). The van der Waals surface area contributed by atoms with Crippen LogP contribution in [0.4, 0.5) is 8.44 Å². The Hall–Kier alpha value is 2.17. The summed E-state index contributed by atoms with van der Waals surface area (Å²) in [4.78, 5) is 0. The van der Waals surface area contributed by atoms with E-state index in [1.807, 2.05) is 0 Å². The number of halogens is 4. The molecule has 0 aromatic carbocycles. The molecular formula is F4KSb. The first-order chi connectivity index (χ1) is 1.73. The van der Waals surface area contributed by atoms with Crippen LogP contribution in [0.3, 0.4) is 0 Å². The van der Waals surface area contributed by atoms with Crippen molar-refractivity contribution in [1.82, 2.24) is 0 Å². The normalized spacial score (nSPS) is 6.00. The predicted molar refractivity (Wildman–Crippen MR) is 9.08 cm³/mol. The maximum atomic E-state index is 9.85. The largest absolute Gasteiger partial charge is 1.00 e. The van der Waals surface area contributed by atoms with Crippen LogP contribution in [0.15, 0.2) is 0 Å². The molecule has 0 saturated heterocycles. The molecule has 34 valence electrons. The van der Waals surface area contributed by atoms with Gasteiger partial charge in [-0.1, -0.05) is 0 Å². The number of rotatable bonds is 0. The molecule has 0 spiro atoms. The second-order valence-corrected chi connectivity index (χ2v) is 1.29. The van der Waals surface area contributed by atoms with E-state index in [2.05, 4.69) is 0 Å². The Morgan fingerprint density at radius 1 is 1.00 bits per heavy atom. The van der Waals surface area contributed by atoms with Crippen molar-refractivity contribution in [2.75, 3.05) is 0 Å². The zero-order valence-corrected chi connectivity index (χ0v) is 8.63. The molecule has 0 bridgehead atoms. The Kier molecular flexibility index (Phi) is 26.8. The SMILES string of the molecule is [F-].[F][Sb]([F])[F].[K+]. The van der Waals surface area contributed by atoms with Gasteiger partial charge in [-0.15, -0.1) is 0 Å². The molecule has 0 amide bonds. The molecule has 0 aromatic heterocycles. The smallest absolute Gasteiger partial charge is 1.00 e. The minimum Gasteiger partial charge on any atom is 1.00 e. The van der Waals surface area contributed by atoms with Crippen LogP contribution in [0.1, 0.15) is 0 Å². The Balaban J connectivity index is -0.0000000450. The first kappa shape index (κ1) is 15.7. The van der Waals surface area contributed by atoms with Crippen molar-refractivity contribution in [3.63, 3.8) is 0 Å². The van der Waals surface area contributed by atoms with E-state index in [4.69, 9.17) is 0 Å². The molecule has 6 heavy (non-hydrogen) atoms. The summed E-state index contributed by atoms with van der Waals surface area (Å²) in [5, 5.41) is 0. The fourth-order valence-corrected chi connectivity index (χ4v) is 0. The summed E-state index contributed by atoms with van der Waals surface area (Å²) in [7, 11) is 0. The Labute approximate surface area is 84.6 Å². The molecule has 0 atom stereocenters. The van der Waals surface area contributed by atoms with Crippen molar-refractivity contribution in [2.45, 2.75) is 0 Å². The molecule has 0 N–H and O–H groups in total. The van der Waals surface area contributed by atoms with Gasteiger partial charge in [-0.3, -0.25) is 0 Å². The van der Waals surface area contributed by atoms with E-state index in [-0.39, 0.29) is 56.1 Å². The van der Waals surface area contributed by atoms with Crippen LogP contribution in [0.5, 0.6) is 0 Å². The third kappa shape index (κ3) is 35.0. The van der Waals surface area contributed by atoms with Gasteiger partial charge in [-0.25, -0.2) is 0 Å². The van der Waals surface area contributed by atoms with Gasteiger partial charge in [0.05, 0.1) is 0 Å². The molecule has 0 fully saturated rings. The molecule has 0 aliphatic carbocycles. The summed E-state index contributed by atoms with van der Waals surface area (Å²) < 4.78 is 29.6. The van der Waals surface area contributed by atoms with E-state index < -0.39 is 22.0 Å².